The lowest BCUT2D eigenvalue weighted by Crippen LogP contribution is -2.57. The molecular formula is C15H24O7. The number of carbonyl (C=O) groups is 4. The lowest BCUT2D eigenvalue weighted by atomic mass is 9.89. The van der Waals surface area contributed by atoms with E-state index < -0.39 is 28.9 Å². The van der Waals surface area contributed by atoms with Crippen LogP contribution in [0, 0.1) is 0 Å². The number of rotatable bonds is 12. The molecule has 0 amide bonds. The standard InChI is InChI=1S/C15H24O7/c1-5-7-9-20-15(11(3)16,12(4)17)13(18)14(19)22-21-10-8-6-2/h5-10H2,1-4H3. The first-order valence-corrected chi connectivity index (χ1v) is 7.38. The molecule has 0 atom stereocenters. The summed E-state index contributed by atoms with van der Waals surface area (Å²) in [5, 5.41) is 0. The average molecular weight is 316 g/mol. The molecular weight excluding hydrogens is 292 g/mol. The molecule has 0 bridgehead atoms. The Morgan fingerprint density at radius 1 is 0.864 bits per heavy atom. The minimum atomic E-state index is -2.44. The third-order valence-corrected chi connectivity index (χ3v) is 3.03. The zero-order valence-corrected chi connectivity index (χ0v) is 13.6. The quantitative estimate of drug-likeness (QED) is 0.177. The summed E-state index contributed by atoms with van der Waals surface area (Å²) in [5.41, 5.74) is -2.44. The molecule has 0 heterocycles. The molecule has 0 N–H and O–H groups in total. The third-order valence-electron chi connectivity index (χ3n) is 3.03. The fourth-order valence-corrected chi connectivity index (χ4v) is 1.69. The van der Waals surface area contributed by atoms with Crippen LogP contribution in [0.25, 0.3) is 0 Å². The summed E-state index contributed by atoms with van der Waals surface area (Å²) >= 11 is 0. The van der Waals surface area contributed by atoms with Crippen molar-refractivity contribution < 1.29 is 33.7 Å². The molecule has 0 aromatic carbocycles. The van der Waals surface area contributed by atoms with Gasteiger partial charge in [-0.2, -0.15) is 4.89 Å². The van der Waals surface area contributed by atoms with Crippen LogP contribution in [0.4, 0.5) is 0 Å². The van der Waals surface area contributed by atoms with Gasteiger partial charge in [0.05, 0.1) is 6.61 Å². The number of unbranched alkanes of at least 4 members (excludes halogenated alkanes) is 2. The van der Waals surface area contributed by atoms with Gasteiger partial charge in [-0.05, 0) is 26.7 Å². The lowest BCUT2D eigenvalue weighted by molar-refractivity contribution is -0.271. The van der Waals surface area contributed by atoms with Gasteiger partial charge in [0.2, 0.25) is 0 Å². The lowest BCUT2D eigenvalue weighted by Gasteiger charge is -2.25. The molecule has 0 saturated carbocycles. The van der Waals surface area contributed by atoms with Crippen molar-refractivity contribution in [3.05, 3.63) is 0 Å². The normalized spacial score (nSPS) is 11.1. The van der Waals surface area contributed by atoms with Crippen LogP contribution >= 0.6 is 0 Å². The van der Waals surface area contributed by atoms with Crippen molar-refractivity contribution in [3.8, 4) is 0 Å². The van der Waals surface area contributed by atoms with Crippen LogP contribution in [0.1, 0.15) is 53.4 Å². The Hall–Kier alpha value is -1.60. The van der Waals surface area contributed by atoms with Crippen molar-refractivity contribution in [3.63, 3.8) is 0 Å². The van der Waals surface area contributed by atoms with Crippen LogP contribution < -0.4 is 0 Å². The van der Waals surface area contributed by atoms with Crippen molar-refractivity contribution >= 4 is 23.3 Å². The van der Waals surface area contributed by atoms with E-state index >= 15 is 0 Å². The van der Waals surface area contributed by atoms with Crippen molar-refractivity contribution in [2.45, 2.75) is 59.0 Å². The molecule has 7 heteroatoms. The highest BCUT2D eigenvalue weighted by atomic mass is 17.2. The van der Waals surface area contributed by atoms with Gasteiger partial charge in [0.1, 0.15) is 0 Å². The van der Waals surface area contributed by atoms with E-state index in [0.29, 0.717) is 12.8 Å². The highest BCUT2D eigenvalue weighted by Crippen LogP contribution is 2.18. The fraction of sp³-hybridized carbons (Fsp3) is 0.733. The van der Waals surface area contributed by atoms with Gasteiger partial charge >= 0.3 is 5.97 Å². The topological polar surface area (TPSA) is 96.0 Å². The number of carbonyl (C=O) groups excluding carboxylic acids is 4. The second-order valence-electron chi connectivity index (χ2n) is 4.87. The zero-order valence-electron chi connectivity index (χ0n) is 13.6. The molecule has 22 heavy (non-hydrogen) atoms. The van der Waals surface area contributed by atoms with Crippen LogP contribution in [-0.4, -0.2) is 42.1 Å². The van der Waals surface area contributed by atoms with Crippen molar-refractivity contribution in [1.29, 1.82) is 0 Å². The fourth-order valence-electron chi connectivity index (χ4n) is 1.69. The Bertz CT molecular complexity index is 400. The number of ether oxygens (including phenoxy) is 1. The Morgan fingerprint density at radius 2 is 1.36 bits per heavy atom. The highest BCUT2D eigenvalue weighted by Gasteiger charge is 2.53. The second kappa shape index (κ2) is 10.2. The van der Waals surface area contributed by atoms with E-state index in [0.717, 1.165) is 26.7 Å². The summed E-state index contributed by atoms with van der Waals surface area (Å²) in [6.45, 7) is 5.97. The van der Waals surface area contributed by atoms with E-state index in [1.165, 1.54) is 0 Å². The average Bonchev–Trinajstić information content (AvgIpc) is 2.46. The van der Waals surface area contributed by atoms with Crippen molar-refractivity contribution in [2.75, 3.05) is 13.2 Å². The number of ketones is 3. The zero-order chi connectivity index (χ0) is 17.2. The SMILES string of the molecule is CCCCOOC(=O)C(=O)C(OCCCC)(C(C)=O)C(C)=O. The first-order valence-electron chi connectivity index (χ1n) is 7.38. The van der Waals surface area contributed by atoms with Crippen molar-refractivity contribution in [2.24, 2.45) is 0 Å². The molecule has 0 aromatic heterocycles. The summed E-state index contributed by atoms with van der Waals surface area (Å²) in [6.07, 6.45) is 2.73. The smallest absolute Gasteiger partial charge is 0.352 e. The number of hydrogen-bond acceptors (Lipinski definition) is 7. The maximum atomic E-state index is 12.2. The molecule has 0 aromatic rings. The maximum Gasteiger partial charge on any atom is 0.412 e. The minimum absolute atomic E-state index is 0.00533. The summed E-state index contributed by atoms with van der Waals surface area (Å²) in [7, 11) is 0. The summed E-state index contributed by atoms with van der Waals surface area (Å²) < 4.78 is 5.20. The van der Waals surface area contributed by atoms with Gasteiger partial charge < -0.3 is 4.74 Å². The molecule has 0 unspecified atom stereocenters. The first kappa shape index (κ1) is 20.4. The Kier molecular flexibility index (Phi) is 9.44. The van der Waals surface area contributed by atoms with Crippen LogP contribution in [-0.2, 0) is 33.7 Å². The molecule has 0 radical (unpaired) electrons. The van der Waals surface area contributed by atoms with Gasteiger partial charge in [0, 0.05) is 6.61 Å². The molecule has 0 spiro atoms. The summed E-state index contributed by atoms with van der Waals surface area (Å²) in [6, 6.07) is 0. The van der Waals surface area contributed by atoms with Gasteiger partial charge in [-0.3, -0.25) is 19.3 Å². The van der Waals surface area contributed by atoms with Crippen LogP contribution in [0.2, 0.25) is 0 Å². The monoisotopic (exact) mass is 316 g/mol. The van der Waals surface area contributed by atoms with E-state index in [1.54, 1.807) is 0 Å². The van der Waals surface area contributed by atoms with E-state index in [1.807, 2.05) is 13.8 Å². The van der Waals surface area contributed by atoms with Crippen LogP contribution in [0.15, 0.2) is 0 Å². The molecule has 7 nitrogen and oxygen atoms in total. The molecule has 0 aliphatic carbocycles. The van der Waals surface area contributed by atoms with Gasteiger partial charge in [0.15, 0.2) is 11.6 Å². The van der Waals surface area contributed by atoms with Crippen molar-refractivity contribution in [1.82, 2.24) is 0 Å². The van der Waals surface area contributed by atoms with Gasteiger partial charge in [-0.25, -0.2) is 4.79 Å². The Labute approximate surface area is 130 Å². The van der Waals surface area contributed by atoms with Crippen LogP contribution in [0.5, 0.6) is 0 Å². The molecule has 0 saturated heterocycles. The number of Topliss-reactive ketones (excluding diaryl/α,β-unsaturated/α-hetero) is 3. The Balaban J connectivity index is 5.06. The second-order valence-corrected chi connectivity index (χ2v) is 4.87. The van der Waals surface area contributed by atoms with Gasteiger partial charge in [-0.15, -0.1) is 0 Å². The van der Waals surface area contributed by atoms with E-state index in [9.17, 15) is 19.2 Å². The largest absolute Gasteiger partial charge is 0.412 e. The third kappa shape index (κ3) is 5.31. The predicted molar refractivity (Wildman–Crippen MR) is 76.9 cm³/mol. The summed E-state index contributed by atoms with van der Waals surface area (Å²) in [5.74, 6) is -4.49. The maximum absolute atomic E-state index is 12.2. The first-order chi connectivity index (χ1) is 10.3. The molecule has 0 aliphatic rings. The van der Waals surface area contributed by atoms with Gasteiger partial charge in [-0.1, -0.05) is 26.7 Å². The van der Waals surface area contributed by atoms with E-state index in [-0.39, 0.29) is 13.2 Å². The van der Waals surface area contributed by atoms with E-state index in [4.69, 9.17) is 4.74 Å². The Morgan fingerprint density at radius 3 is 1.82 bits per heavy atom. The summed E-state index contributed by atoms with van der Waals surface area (Å²) in [4.78, 5) is 56.4. The number of hydrogen-bond donors (Lipinski definition) is 0. The molecule has 0 aliphatic heterocycles. The van der Waals surface area contributed by atoms with E-state index in [2.05, 4.69) is 9.78 Å². The van der Waals surface area contributed by atoms with Crippen LogP contribution in [0.3, 0.4) is 0 Å². The molecule has 0 fully saturated rings. The molecule has 126 valence electrons. The predicted octanol–water partition coefficient (Wildman–Crippen LogP) is 1.56. The van der Waals surface area contributed by atoms with Gasteiger partial charge in [0.25, 0.3) is 11.4 Å². The minimum Gasteiger partial charge on any atom is -0.352 e. The highest BCUT2D eigenvalue weighted by molar-refractivity contribution is 6.48. The molecule has 0 rings (SSSR count).